The van der Waals surface area contributed by atoms with Crippen LogP contribution in [0.25, 0.3) is 0 Å². The van der Waals surface area contributed by atoms with Gasteiger partial charge in [0.2, 0.25) is 0 Å². The lowest BCUT2D eigenvalue weighted by Gasteiger charge is -2.02. The third-order valence-electron chi connectivity index (χ3n) is 1.88. The quantitative estimate of drug-likeness (QED) is 0.472. The summed E-state index contributed by atoms with van der Waals surface area (Å²) in [6.45, 7) is 1.26. The fraction of sp³-hybridized carbons (Fsp3) is 0.444. The zero-order valence-corrected chi connectivity index (χ0v) is 9.44. The third kappa shape index (κ3) is 3.51. The first-order chi connectivity index (χ1) is 7.54. The van der Waals surface area contributed by atoms with Crippen molar-refractivity contribution in [3.63, 3.8) is 0 Å². The van der Waals surface area contributed by atoms with Crippen molar-refractivity contribution in [2.75, 3.05) is 6.61 Å². The van der Waals surface area contributed by atoms with E-state index >= 15 is 0 Å². The number of halogens is 2. The van der Waals surface area contributed by atoms with Crippen LogP contribution in [0.15, 0.2) is 6.07 Å². The van der Waals surface area contributed by atoms with Gasteiger partial charge in [-0.3, -0.25) is 10.2 Å². The Hall–Kier alpha value is -1.05. The first-order valence-corrected chi connectivity index (χ1v) is 5.32. The van der Waals surface area contributed by atoms with Crippen LogP contribution in [0.2, 0.25) is 0 Å². The van der Waals surface area contributed by atoms with Crippen LogP contribution in [0.1, 0.15) is 20.1 Å². The molecule has 16 heavy (non-hydrogen) atoms. The summed E-state index contributed by atoms with van der Waals surface area (Å²) < 4.78 is 28.4. The molecule has 3 N–H and O–H groups in total. The van der Waals surface area contributed by atoms with Crippen LogP contribution in [-0.4, -0.2) is 18.9 Å². The van der Waals surface area contributed by atoms with Gasteiger partial charge in [0.25, 0.3) is 12.3 Å². The maximum atomic E-state index is 11.8. The van der Waals surface area contributed by atoms with E-state index < -0.39 is 18.9 Å². The van der Waals surface area contributed by atoms with E-state index in [4.69, 9.17) is 10.6 Å². The lowest BCUT2D eigenvalue weighted by Crippen LogP contribution is -2.29. The molecule has 0 fully saturated rings. The van der Waals surface area contributed by atoms with E-state index in [9.17, 15) is 13.6 Å². The third-order valence-corrected chi connectivity index (χ3v) is 2.97. The van der Waals surface area contributed by atoms with Crippen molar-refractivity contribution < 1.29 is 18.3 Å². The number of aryl methyl sites for hydroxylation is 1. The number of carbonyl (C=O) groups excluding carboxylic acids is 1. The van der Waals surface area contributed by atoms with Crippen molar-refractivity contribution in [2.24, 2.45) is 5.84 Å². The van der Waals surface area contributed by atoms with Crippen molar-refractivity contribution >= 4 is 17.2 Å². The molecule has 90 valence electrons. The number of nitrogens with one attached hydrogen (secondary N) is 1. The molecule has 0 aliphatic heterocycles. The van der Waals surface area contributed by atoms with Gasteiger partial charge in [0, 0.05) is 4.88 Å². The summed E-state index contributed by atoms with van der Waals surface area (Å²) in [7, 11) is 0. The number of carbonyl (C=O) groups is 1. The van der Waals surface area contributed by atoms with Crippen LogP contribution >= 0.6 is 11.3 Å². The van der Waals surface area contributed by atoms with Gasteiger partial charge < -0.3 is 4.74 Å². The number of ether oxygens (including phenoxy) is 1. The number of rotatable bonds is 5. The van der Waals surface area contributed by atoms with Crippen molar-refractivity contribution in [3.8, 4) is 0 Å². The van der Waals surface area contributed by atoms with Crippen molar-refractivity contribution in [2.45, 2.75) is 20.0 Å². The summed E-state index contributed by atoms with van der Waals surface area (Å²) in [5.74, 6) is 4.58. The fourth-order valence-electron chi connectivity index (χ4n) is 1.10. The molecule has 4 nitrogen and oxygen atoms in total. The molecule has 0 unspecified atom stereocenters. The summed E-state index contributed by atoms with van der Waals surface area (Å²) in [5.41, 5.74) is 2.73. The van der Waals surface area contributed by atoms with Gasteiger partial charge in [-0.05, 0) is 18.6 Å². The molecule has 0 saturated carbocycles. The molecule has 0 saturated heterocycles. The molecule has 1 heterocycles. The van der Waals surface area contributed by atoms with E-state index in [1.807, 2.05) is 5.43 Å². The molecule has 0 atom stereocenters. The second-order valence-electron chi connectivity index (χ2n) is 3.07. The van der Waals surface area contributed by atoms with E-state index in [1.54, 1.807) is 13.0 Å². The molecule has 0 radical (unpaired) electrons. The van der Waals surface area contributed by atoms with Crippen LogP contribution in [-0.2, 0) is 11.3 Å². The lowest BCUT2D eigenvalue weighted by atomic mass is 10.2. The van der Waals surface area contributed by atoms with Crippen LogP contribution in [0.4, 0.5) is 8.78 Å². The second kappa shape index (κ2) is 5.88. The SMILES string of the molecule is Cc1sc(C(=O)NN)cc1COCC(F)F. The summed E-state index contributed by atoms with van der Waals surface area (Å²) in [6.07, 6.45) is -2.48. The Bertz CT molecular complexity index is 368. The largest absolute Gasteiger partial charge is 0.371 e. The molecule has 0 aliphatic rings. The van der Waals surface area contributed by atoms with Gasteiger partial charge in [-0.15, -0.1) is 11.3 Å². The maximum Gasteiger partial charge on any atom is 0.275 e. The molecule has 1 amide bonds. The van der Waals surface area contributed by atoms with Gasteiger partial charge in [0.05, 0.1) is 11.5 Å². The predicted molar refractivity (Wildman–Crippen MR) is 56.4 cm³/mol. The van der Waals surface area contributed by atoms with Gasteiger partial charge in [-0.2, -0.15) is 0 Å². The summed E-state index contributed by atoms with van der Waals surface area (Å²) >= 11 is 1.25. The Kier molecular flexibility index (Phi) is 4.78. The highest BCUT2D eigenvalue weighted by molar-refractivity contribution is 7.14. The Morgan fingerprint density at radius 1 is 1.69 bits per heavy atom. The minimum absolute atomic E-state index is 0.0739. The van der Waals surface area contributed by atoms with E-state index in [1.165, 1.54) is 11.3 Å². The van der Waals surface area contributed by atoms with Gasteiger partial charge in [-0.25, -0.2) is 14.6 Å². The smallest absolute Gasteiger partial charge is 0.275 e. The topological polar surface area (TPSA) is 64.4 Å². The molecular formula is C9H12F2N2O2S. The van der Waals surface area contributed by atoms with Crippen molar-refractivity contribution in [3.05, 3.63) is 21.4 Å². The average Bonchev–Trinajstić information content (AvgIpc) is 2.59. The molecule has 7 heteroatoms. The highest BCUT2D eigenvalue weighted by Crippen LogP contribution is 2.22. The number of nitrogens with two attached hydrogens (primary N) is 1. The number of hydrogen-bond donors (Lipinski definition) is 2. The highest BCUT2D eigenvalue weighted by Gasteiger charge is 2.12. The Labute approximate surface area is 95.4 Å². The van der Waals surface area contributed by atoms with Gasteiger partial charge >= 0.3 is 0 Å². The van der Waals surface area contributed by atoms with Crippen LogP contribution < -0.4 is 11.3 Å². The zero-order valence-electron chi connectivity index (χ0n) is 8.63. The molecule has 0 spiro atoms. The summed E-state index contributed by atoms with van der Waals surface area (Å²) in [5, 5.41) is 0. The Morgan fingerprint density at radius 2 is 2.38 bits per heavy atom. The highest BCUT2D eigenvalue weighted by atomic mass is 32.1. The van der Waals surface area contributed by atoms with Crippen LogP contribution in [0, 0.1) is 6.92 Å². The average molecular weight is 250 g/mol. The van der Waals surface area contributed by atoms with Gasteiger partial charge in [0.1, 0.15) is 6.61 Å². The predicted octanol–water partition coefficient (Wildman–Crippen LogP) is 1.44. The van der Waals surface area contributed by atoms with E-state index in [-0.39, 0.29) is 6.61 Å². The van der Waals surface area contributed by atoms with Crippen LogP contribution in [0.3, 0.4) is 0 Å². The number of thiophene rings is 1. The molecule has 1 aromatic heterocycles. The van der Waals surface area contributed by atoms with Crippen LogP contribution in [0.5, 0.6) is 0 Å². The monoisotopic (exact) mass is 250 g/mol. The number of nitrogen functional groups attached to an aromatic ring is 1. The normalized spacial score (nSPS) is 10.8. The molecule has 1 rings (SSSR count). The minimum Gasteiger partial charge on any atom is -0.371 e. The minimum atomic E-state index is -2.48. The second-order valence-corrected chi connectivity index (χ2v) is 4.33. The molecular weight excluding hydrogens is 238 g/mol. The van der Waals surface area contributed by atoms with Gasteiger partial charge in [-0.1, -0.05) is 0 Å². The van der Waals surface area contributed by atoms with E-state index in [0.717, 1.165) is 10.4 Å². The number of alkyl halides is 2. The molecule has 1 aromatic rings. The lowest BCUT2D eigenvalue weighted by molar-refractivity contribution is 0.00983. The van der Waals surface area contributed by atoms with Gasteiger partial charge in [0.15, 0.2) is 0 Å². The zero-order chi connectivity index (χ0) is 12.1. The van der Waals surface area contributed by atoms with E-state index in [2.05, 4.69) is 0 Å². The Balaban J connectivity index is 2.60. The number of hydrazine groups is 1. The molecule has 0 aromatic carbocycles. The number of amides is 1. The van der Waals surface area contributed by atoms with Crippen molar-refractivity contribution in [1.29, 1.82) is 0 Å². The molecule has 0 bridgehead atoms. The standard InChI is InChI=1S/C9H12F2N2O2S/c1-5-6(3-15-4-8(10)11)2-7(16-5)9(14)13-12/h2,8H,3-4,12H2,1H3,(H,13,14). The maximum absolute atomic E-state index is 11.8. The molecule has 0 aliphatic carbocycles. The summed E-state index contributed by atoms with van der Waals surface area (Å²) in [6, 6.07) is 1.59. The number of hydrogen-bond acceptors (Lipinski definition) is 4. The van der Waals surface area contributed by atoms with E-state index in [0.29, 0.717) is 4.88 Å². The first kappa shape index (κ1) is 13.0. The fourth-order valence-corrected chi connectivity index (χ4v) is 2.04. The summed E-state index contributed by atoms with van der Waals surface area (Å²) in [4.78, 5) is 12.5. The Morgan fingerprint density at radius 3 is 2.94 bits per heavy atom. The first-order valence-electron chi connectivity index (χ1n) is 4.50. The van der Waals surface area contributed by atoms with Crippen molar-refractivity contribution in [1.82, 2.24) is 5.43 Å².